The lowest BCUT2D eigenvalue weighted by Gasteiger charge is -2.13. The fourth-order valence-electron chi connectivity index (χ4n) is 2.11. The number of carbonyl (C=O) groups is 1. The number of anilines is 1. The molecule has 1 aromatic heterocycles. The lowest BCUT2D eigenvalue weighted by molar-refractivity contribution is -0.390. The maximum atomic E-state index is 12.2. The van der Waals surface area contributed by atoms with Crippen molar-refractivity contribution >= 4 is 17.4 Å². The molecule has 2 rings (SSSR count). The van der Waals surface area contributed by atoms with Crippen molar-refractivity contribution in [3.05, 3.63) is 46.6 Å². The van der Waals surface area contributed by atoms with Gasteiger partial charge in [-0.1, -0.05) is 0 Å². The molecule has 0 saturated heterocycles. The van der Waals surface area contributed by atoms with Crippen LogP contribution in [0.1, 0.15) is 13.8 Å². The lowest BCUT2D eigenvalue weighted by atomic mass is 10.2. The minimum absolute atomic E-state index is 0.0826. The molecule has 1 amide bonds. The highest BCUT2D eigenvalue weighted by Gasteiger charge is 2.17. The summed E-state index contributed by atoms with van der Waals surface area (Å²) in [5.41, 5.74) is 0.423. The summed E-state index contributed by atoms with van der Waals surface area (Å²) >= 11 is 0. The van der Waals surface area contributed by atoms with E-state index in [0.717, 1.165) is 0 Å². The van der Waals surface area contributed by atoms with Gasteiger partial charge in [0, 0.05) is 6.07 Å². The van der Waals surface area contributed by atoms with Crippen LogP contribution in [-0.4, -0.2) is 35.6 Å². The fraction of sp³-hybridized carbons (Fsp3) is 0.294. The van der Waals surface area contributed by atoms with E-state index < -0.39 is 23.3 Å². The number of amides is 1. The van der Waals surface area contributed by atoms with Gasteiger partial charge in [-0.3, -0.25) is 4.79 Å². The number of ether oxygens (including phenoxy) is 3. The molecule has 0 aliphatic carbocycles. The van der Waals surface area contributed by atoms with Crippen LogP contribution >= 0.6 is 0 Å². The Balaban J connectivity index is 2.07. The van der Waals surface area contributed by atoms with Crippen LogP contribution in [0.5, 0.6) is 17.2 Å². The number of benzene rings is 1. The van der Waals surface area contributed by atoms with Crippen molar-refractivity contribution in [1.29, 1.82) is 0 Å². The molecule has 9 heteroatoms. The number of carbonyl (C=O) groups excluding carboxylic acids is 1. The zero-order valence-electron chi connectivity index (χ0n) is 14.4. The Bertz CT molecular complexity index is 781. The molecule has 0 atom stereocenters. The van der Waals surface area contributed by atoms with Crippen molar-refractivity contribution in [2.45, 2.75) is 13.8 Å². The van der Waals surface area contributed by atoms with Crippen LogP contribution in [0.25, 0.3) is 0 Å². The Morgan fingerprint density at radius 2 is 1.92 bits per heavy atom. The van der Waals surface area contributed by atoms with Crippen LogP contribution < -0.4 is 19.5 Å². The number of nitrogens with one attached hydrogen (secondary N) is 1. The Morgan fingerprint density at radius 1 is 1.15 bits per heavy atom. The highest BCUT2D eigenvalue weighted by atomic mass is 16.6. The van der Waals surface area contributed by atoms with Crippen molar-refractivity contribution in [2.24, 2.45) is 0 Å². The van der Waals surface area contributed by atoms with Gasteiger partial charge in [0.15, 0.2) is 6.61 Å². The molecule has 26 heavy (non-hydrogen) atoms. The number of rotatable bonds is 9. The summed E-state index contributed by atoms with van der Waals surface area (Å²) in [4.78, 5) is 26.0. The summed E-state index contributed by atoms with van der Waals surface area (Å²) < 4.78 is 16.1. The van der Waals surface area contributed by atoms with Crippen molar-refractivity contribution < 1.29 is 23.9 Å². The third-order valence-corrected chi connectivity index (χ3v) is 3.12. The summed E-state index contributed by atoms with van der Waals surface area (Å²) in [5.74, 6) is 0.0267. The van der Waals surface area contributed by atoms with Gasteiger partial charge in [0.2, 0.25) is 5.75 Å². The number of nitrogens with zero attached hydrogens (tertiary/aromatic N) is 2. The van der Waals surface area contributed by atoms with E-state index in [1.54, 1.807) is 18.2 Å². The first kappa shape index (κ1) is 19.0. The van der Waals surface area contributed by atoms with Crippen LogP contribution in [0.15, 0.2) is 36.5 Å². The minimum Gasteiger partial charge on any atom is -0.494 e. The summed E-state index contributed by atoms with van der Waals surface area (Å²) in [7, 11) is 0. The van der Waals surface area contributed by atoms with E-state index in [1.165, 1.54) is 18.3 Å². The number of hydrogen-bond acceptors (Lipinski definition) is 7. The van der Waals surface area contributed by atoms with Crippen molar-refractivity contribution in [3.63, 3.8) is 0 Å². The van der Waals surface area contributed by atoms with Gasteiger partial charge in [-0.15, -0.1) is 0 Å². The summed E-state index contributed by atoms with van der Waals surface area (Å²) in [6.07, 6.45) is 1.28. The Labute approximate surface area is 150 Å². The van der Waals surface area contributed by atoms with Gasteiger partial charge in [0.1, 0.15) is 17.7 Å². The third kappa shape index (κ3) is 5.07. The highest BCUT2D eigenvalue weighted by Crippen LogP contribution is 2.29. The van der Waals surface area contributed by atoms with Crippen LogP contribution in [0.2, 0.25) is 0 Å². The normalized spacial score (nSPS) is 10.1. The predicted molar refractivity (Wildman–Crippen MR) is 93.8 cm³/mol. The van der Waals surface area contributed by atoms with E-state index in [-0.39, 0.29) is 5.75 Å². The zero-order chi connectivity index (χ0) is 18.9. The van der Waals surface area contributed by atoms with E-state index >= 15 is 0 Å². The second-order valence-electron chi connectivity index (χ2n) is 4.94. The van der Waals surface area contributed by atoms with Crippen molar-refractivity contribution in [3.8, 4) is 17.2 Å². The Morgan fingerprint density at radius 3 is 2.62 bits per heavy atom. The maximum Gasteiger partial charge on any atom is 0.406 e. The van der Waals surface area contributed by atoms with Gasteiger partial charge in [0.05, 0.1) is 18.9 Å². The number of aromatic nitrogens is 1. The summed E-state index contributed by atoms with van der Waals surface area (Å²) in [6.45, 7) is 4.16. The number of nitro groups is 1. The van der Waals surface area contributed by atoms with Crippen LogP contribution in [0, 0.1) is 10.1 Å². The smallest absolute Gasteiger partial charge is 0.406 e. The minimum atomic E-state index is -0.675. The van der Waals surface area contributed by atoms with E-state index in [9.17, 15) is 14.9 Å². The second-order valence-corrected chi connectivity index (χ2v) is 4.94. The molecule has 1 N–H and O–H groups in total. The predicted octanol–water partition coefficient (Wildman–Crippen LogP) is 2.80. The monoisotopic (exact) mass is 361 g/mol. The average molecular weight is 361 g/mol. The van der Waals surface area contributed by atoms with Gasteiger partial charge < -0.3 is 29.6 Å². The molecule has 0 fully saturated rings. The van der Waals surface area contributed by atoms with Crippen LogP contribution in [-0.2, 0) is 4.79 Å². The molecule has 1 heterocycles. The number of hydrogen-bond donors (Lipinski definition) is 1. The van der Waals surface area contributed by atoms with Crippen molar-refractivity contribution in [1.82, 2.24) is 4.98 Å². The number of pyridine rings is 1. The molecule has 0 radical (unpaired) electrons. The van der Waals surface area contributed by atoms with E-state index in [4.69, 9.17) is 14.2 Å². The van der Waals surface area contributed by atoms with E-state index in [0.29, 0.717) is 30.4 Å². The van der Waals surface area contributed by atoms with Gasteiger partial charge in [-0.2, -0.15) is 0 Å². The first-order valence-corrected chi connectivity index (χ1v) is 7.96. The Kier molecular flexibility index (Phi) is 6.72. The van der Waals surface area contributed by atoms with Crippen LogP contribution in [0.4, 0.5) is 11.5 Å². The molecule has 138 valence electrons. The molecule has 0 bridgehead atoms. The first-order chi connectivity index (χ1) is 12.5. The van der Waals surface area contributed by atoms with Crippen LogP contribution in [0.3, 0.4) is 0 Å². The fourth-order valence-corrected chi connectivity index (χ4v) is 2.11. The first-order valence-electron chi connectivity index (χ1n) is 7.96. The molecule has 9 nitrogen and oxygen atoms in total. The molecule has 2 aromatic rings. The zero-order valence-corrected chi connectivity index (χ0v) is 14.4. The Hall–Kier alpha value is -3.36. The quantitative estimate of drug-likeness (QED) is 0.540. The molecular weight excluding hydrogens is 342 g/mol. The molecule has 1 aromatic carbocycles. The lowest BCUT2D eigenvalue weighted by Crippen LogP contribution is -2.21. The molecule has 0 saturated carbocycles. The van der Waals surface area contributed by atoms with Crippen molar-refractivity contribution in [2.75, 3.05) is 25.1 Å². The molecule has 0 unspecified atom stereocenters. The van der Waals surface area contributed by atoms with Gasteiger partial charge in [0.25, 0.3) is 5.91 Å². The highest BCUT2D eigenvalue weighted by molar-refractivity contribution is 5.93. The average Bonchev–Trinajstić information content (AvgIpc) is 2.62. The molecule has 0 aliphatic rings. The molecule has 0 aliphatic heterocycles. The van der Waals surface area contributed by atoms with Gasteiger partial charge >= 0.3 is 5.82 Å². The second kappa shape index (κ2) is 9.21. The molecular formula is C17H19N3O6. The third-order valence-electron chi connectivity index (χ3n) is 3.12. The summed E-state index contributed by atoms with van der Waals surface area (Å²) in [6, 6.07) is 7.92. The van der Waals surface area contributed by atoms with Gasteiger partial charge in [-0.25, -0.2) is 0 Å². The summed E-state index contributed by atoms with van der Waals surface area (Å²) in [5, 5.41) is 13.6. The topological polar surface area (TPSA) is 113 Å². The van der Waals surface area contributed by atoms with E-state index in [1.807, 2.05) is 13.8 Å². The molecule has 0 spiro atoms. The maximum absolute atomic E-state index is 12.2. The largest absolute Gasteiger partial charge is 0.494 e. The van der Waals surface area contributed by atoms with Gasteiger partial charge in [-0.05, 0) is 48.0 Å². The SMILES string of the molecule is CCOc1ccc(OCC)c(NC(=O)COc2cccnc2[N+](=O)[O-])c1. The van der Waals surface area contributed by atoms with E-state index in [2.05, 4.69) is 10.3 Å². The standard InChI is InChI=1S/C17H19N3O6/c1-3-24-12-7-8-14(25-4-2)13(10-12)19-16(21)11-26-15-6-5-9-18-17(15)20(22)23/h5-10H,3-4,11H2,1-2H3,(H,19,21).